The lowest BCUT2D eigenvalue weighted by Gasteiger charge is -2.32. The number of nitrogen functional groups attached to an aromatic ring is 2. The number of rotatable bonds is 2. The molecule has 1 fully saturated rings. The lowest BCUT2D eigenvalue weighted by atomic mass is 10.1. The SMILES string of the molecule is CN1CCN(Cc2ccc(N)c(N)c2)C(=O)C1. The molecule has 1 saturated heterocycles. The van der Waals surface area contributed by atoms with Crippen LogP contribution >= 0.6 is 0 Å². The Balaban J connectivity index is 2.05. The van der Waals surface area contributed by atoms with E-state index in [2.05, 4.69) is 0 Å². The van der Waals surface area contributed by atoms with Crippen LogP contribution in [0.15, 0.2) is 18.2 Å². The number of anilines is 2. The standard InChI is InChI=1S/C12H18N4O/c1-15-4-5-16(12(17)8-15)7-9-2-3-10(13)11(14)6-9/h2-3,6H,4-5,7-8,13-14H2,1H3. The molecule has 2 rings (SSSR count). The van der Waals surface area contributed by atoms with Gasteiger partial charge in [0.15, 0.2) is 0 Å². The molecule has 0 spiro atoms. The molecule has 1 heterocycles. The molecule has 0 radical (unpaired) electrons. The summed E-state index contributed by atoms with van der Waals surface area (Å²) in [6, 6.07) is 5.53. The summed E-state index contributed by atoms with van der Waals surface area (Å²) >= 11 is 0. The van der Waals surface area contributed by atoms with Gasteiger partial charge < -0.3 is 16.4 Å². The van der Waals surface area contributed by atoms with Crippen molar-refractivity contribution >= 4 is 17.3 Å². The molecule has 0 aliphatic carbocycles. The second-order valence-electron chi connectivity index (χ2n) is 4.52. The molecule has 0 saturated carbocycles. The van der Waals surface area contributed by atoms with Gasteiger partial charge >= 0.3 is 0 Å². The van der Waals surface area contributed by atoms with Crippen LogP contribution in [0.5, 0.6) is 0 Å². The minimum absolute atomic E-state index is 0.161. The average molecular weight is 234 g/mol. The topological polar surface area (TPSA) is 75.6 Å². The van der Waals surface area contributed by atoms with Crippen molar-refractivity contribution in [2.45, 2.75) is 6.54 Å². The summed E-state index contributed by atoms with van der Waals surface area (Å²) < 4.78 is 0. The Morgan fingerprint density at radius 1 is 1.24 bits per heavy atom. The zero-order valence-electron chi connectivity index (χ0n) is 10.0. The third-order valence-corrected chi connectivity index (χ3v) is 3.03. The van der Waals surface area contributed by atoms with Crippen LogP contribution in [0.2, 0.25) is 0 Å². The molecule has 1 amide bonds. The lowest BCUT2D eigenvalue weighted by molar-refractivity contribution is -0.136. The van der Waals surface area contributed by atoms with E-state index in [9.17, 15) is 4.79 Å². The Bertz CT molecular complexity index is 433. The number of benzene rings is 1. The lowest BCUT2D eigenvalue weighted by Crippen LogP contribution is -2.48. The summed E-state index contributed by atoms with van der Waals surface area (Å²) in [5.74, 6) is 0.161. The molecule has 92 valence electrons. The number of piperazine rings is 1. The third-order valence-electron chi connectivity index (χ3n) is 3.03. The van der Waals surface area contributed by atoms with Gasteiger partial charge in [-0.05, 0) is 24.7 Å². The third kappa shape index (κ3) is 2.68. The monoisotopic (exact) mass is 234 g/mol. The highest BCUT2D eigenvalue weighted by molar-refractivity contribution is 5.79. The van der Waals surface area contributed by atoms with Crippen molar-refractivity contribution < 1.29 is 4.79 Å². The van der Waals surface area contributed by atoms with Gasteiger partial charge in [0.2, 0.25) is 5.91 Å². The fraction of sp³-hybridized carbons (Fsp3) is 0.417. The normalized spacial score (nSPS) is 17.5. The maximum absolute atomic E-state index is 11.8. The van der Waals surface area contributed by atoms with Crippen molar-refractivity contribution in [3.05, 3.63) is 23.8 Å². The van der Waals surface area contributed by atoms with Crippen LogP contribution in [0.3, 0.4) is 0 Å². The second-order valence-corrected chi connectivity index (χ2v) is 4.52. The van der Waals surface area contributed by atoms with Gasteiger partial charge in [-0.15, -0.1) is 0 Å². The Morgan fingerprint density at radius 3 is 2.65 bits per heavy atom. The van der Waals surface area contributed by atoms with E-state index in [1.54, 1.807) is 6.07 Å². The van der Waals surface area contributed by atoms with Crippen molar-refractivity contribution in [3.8, 4) is 0 Å². The maximum Gasteiger partial charge on any atom is 0.237 e. The van der Waals surface area contributed by atoms with E-state index in [0.717, 1.165) is 18.7 Å². The highest BCUT2D eigenvalue weighted by Gasteiger charge is 2.21. The Hall–Kier alpha value is -1.75. The number of amides is 1. The van der Waals surface area contributed by atoms with E-state index in [1.807, 2.05) is 29.0 Å². The smallest absolute Gasteiger partial charge is 0.237 e. The molecule has 0 aromatic heterocycles. The molecular formula is C12H18N4O. The fourth-order valence-corrected chi connectivity index (χ4v) is 1.94. The van der Waals surface area contributed by atoms with E-state index in [4.69, 9.17) is 11.5 Å². The highest BCUT2D eigenvalue weighted by atomic mass is 16.2. The first kappa shape index (κ1) is 11.7. The van der Waals surface area contributed by atoms with Gasteiger partial charge in [0.05, 0.1) is 17.9 Å². The van der Waals surface area contributed by atoms with Crippen LogP contribution in [0.4, 0.5) is 11.4 Å². The first-order valence-electron chi connectivity index (χ1n) is 5.66. The molecule has 1 aliphatic rings. The molecule has 1 aromatic rings. The summed E-state index contributed by atoms with van der Waals surface area (Å²) in [6.07, 6.45) is 0. The van der Waals surface area contributed by atoms with Gasteiger partial charge in [-0.1, -0.05) is 6.07 Å². The molecule has 5 nitrogen and oxygen atoms in total. The van der Waals surface area contributed by atoms with Crippen molar-refractivity contribution in [2.24, 2.45) is 0 Å². The highest BCUT2D eigenvalue weighted by Crippen LogP contribution is 2.18. The number of nitrogens with zero attached hydrogens (tertiary/aromatic N) is 2. The van der Waals surface area contributed by atoms with Crippen molar-refractivity contribution in [1.29, 1.82) is 0 Å². The van der Waals surface area contributed by atoms with Gasteiger partial charge in [0.1, 0.15) is 0 Å². The van der Waals surface area contributed by atoms with Crippen molar-refractivity contribution in [1.82, 2.24) is 9.80 Å². The minimum atomic E-state index is 0.161. The quantitative estimate of drug-likeness (QED) is 0.713. The van der Waals surface area contributed by atoms with Gasteiger partial charge in [-0.2, -0.15) is 0 Å². The number of carbonyl (C=O) groups is 1. The zero-order valence-corrected chi connectivity index (χ0v) is 10.0. The first-order chi connectivity index (χ1) is 8.06. The fourth-order valence-electron chi connectivity index (χ4n) is 1.94. The predicted molar refractivity (Wildman–Crippen MR) is 68.2 cm³/mol. The molecule has 17 heavy (non-hydrogen) atoms. The van der Waals surface area contributed by atoms with Crippen molar-refractivity contribution in [2.75, 3.05) is 38.1 Å². The summed E-state index contributed by atoms with van der Waals surface area (Å²) in [6.45, 7) is 2.78. The Labute approximate surface area is 101 Å². The molecule has 1 aromatic carbocycles. The van der Waals surface area contributed by atoms with Gasteiger partial charge in [-0.3, -0.25) is 9.69 Å². The average Bonchev–Trinajstić information content (AvgIpc) is 2.27. The van der Waals surface area contributed by atoms with E-state index >= 15 is 0 Å². The van der Waals surface area contributed by atoms with Crippen LogP contribution in [0.1, 0.15) is 5.56 Å². The van der Waals surface area contributed by atoms with E-state index in [-0.39, 0.29) is 5.91 Å². The summed E-state index contributed by atoms with van der Waals surface area (Å²) in [7, 11) is 1.95. The molecule has 5 heteroatoms. The molecule has 0 unspecified atom stereocenters. The summed E-state index contributed by atoms with van der Waals surface area (Å²) in [5, 5.41) is 0. The molecular weight excluding hydrogens is 216 g/mol. The predicted octanol–water partition coefficient (Wildman–Crippen LogP) is 0.125. The molecule has 0 bridgehead atoms. The Kier molecular flexibility index (Phi) is 3.19. The minimum Gasteiger partial charge on any atom is -0.397 e. The Morgan fingerprint density at radius 2 is 2.00 bits per heavy atom. The largest absolute Gasteiger partial charge is 0.397 e. The molecule has 4 N–H and O–H groups in total. The van der Waals surface area contributed by atoms with Crippen LogP contribution in [-0.2, 0) is 11.3 Å². The van der Waals surface area contributed by atoms with Crippen LogP contribution in [0.25, 0.3) is 0 Å². The number of carbonyl (C=O) groups excluding carboxylic acids is 1. The van der Waals surface area contributed by atoms with E-state index in [0.29, 0.717) is 24.5 Å². The van der Waals surface area contributed by atoms with Crippen LogP contribution in [0, 0.1) is 0 Å². The molecule has 1 aliphatic heterocycles. The molecule has 0 atom stereocenters. The first-order valence-corrected chi connectivity index (χ1v) is 5.66. The second kappa shape index (κ2) is 4.63. The summed E-state index contributed by atoms with van der Waals surface area (Å²) in [5.41, 5.74) is 13.6. The van der Waals surface area contributed by atoms with Crippen LogP contribution in [-0.4, -0.2) is 42.4 Å². The zero-order chi connectivity index (χ0) is 12.4. The van der Waals surface area contributed by atoms with Gasteiger partial charge in [-0.25, -0.2) is 0 Å². The number of hydrogen-bond donors (Lipinski definition) is 2. The number of nitrogens with two attached hydrogens (primary N) is 2. The van der Waals surface area contributed by atoms with Gasteiger partial charge in [0.25, 0.3) is 0 Å². The number of hydrogen-bond acceptors (Lipinski definition) is 4. The van der Waals surface area contributed by atoms with Crippen LogP contribution < -0.4 is 11.5 Å². The maximum atomic E-state index is 11.8. The summed E-state index contributed by atoms with van der Waals surface area (Å²) in [4.78, 5) is 15.7. The number of likely N-dealkylation sites (N-methyl/N-ethyl adjacent to an activating group) is 1. The van der Waals surface area contributed by atoms with E-state index < -0.39 is 0 Å². The van der Waals surface area contributed by atoms with Crippen molar-refractivity contribution in [3.63, 3.8) is 0 Å². The van der Waals surface area contributed by atoms with E-state index in [1.165, 1.54) is 0 Å². The van der Waals surface area contributed by atoms with Gasteiger partial charge in [0, 0.05) is 19.6 Å².